The van der Waals surface area contributed by atoms with Crippen molar-refractivity contribution in [3.63, 3.8) is 0 Å². The van der Waals surface area contributed by atoms with Gasteiger partial charge < -0.3 is 15.3 Å². The third kappa shape index (κ3) is 1.65. The van der Waals surface area contributed by atoms with Crippen LogP contribution in [0.3, 0.4) is 0 Å². The second-order valence-electron chi connectivity index (χ2n) is 3.83. The van der Waals surface area contributed by atoms with Crippen LogP contribution in [-0.2, 0) is 5.41 Å². The number of phenols is 2. The number of aliphatic hydroxyl groups is 1. The fourth-order valence-electron chi connectivity index (χ4n) is 1.28. The van der Waals surface area contributed by atoms with Crippen molar-refractivity contribution < 1.29 is 19.7 Å². The first-order chi connectivity index (χ1) is 6.40. The van der Waals surface area contributed by atoms with Gasteiger partial charge in [0.15, 0.2) is 11.5 Å². The summed E-state index contributed by atoms with van der Waals surface area (Å²) < 4.78 is 13.3. The Morgan fingerprint density at radius 2 is 1.86 bits per heavy atom. The second kappa shape index (κ2) is 3.46. The molecule has 0 spiro atoms. The molecule has 0 aliphatic carbocycles. The van der Waals surface area contributed by atoms with Crippen LogP contribution < -0.4 is 0 Å². The van der Waals surface area contributed by atoms with Crippen molar-refractivity contribution in [1.82, 2.24) is 0 Å². The van der Waals surface area contributed by atoms with Gasteiger partial charge >= 0.3 is 0 Å². The number of halogens is 1. The molecular weight excluding hydrogens is 187 g/mol. The van der Waals surface area contributed by atoms with Crippen molar-refractivity contribution in [2.45, 2.75) is 19.3 Å². The molecule has 1 rings (SSSR count). The van der Waals surface area contributed by atoms with Gasteiger partial charge in [-0.05, 0) is 12.1 Å². The number of aliphatic hydroxyl groups excluding tert-OH is 1. The van der Waals surface area contributed by atoms with Crippen LogP contribution in [0.25, 0.3) is 0 Å². The second-order valence-corrected chi connectivity index (χ2v) is 3.83. The molecule has 78 valence electrons. The highest BCUT2D eigenvalue weighted by Crippen LogP contribution is 2.38. The first kappa shape index (κ1) is 10.8. The van der Waals surface area contributed by atoms with E-state index >= 15 is 0 Å². The zero-order valence-corrected chi connectivity index (χ0v) is 8.08. The van der Waals surface area contributed by atoms with E-state index in [0.717, 1.165) is 12.1 Å². The Labute approximate surface area is 81.4 Å². The maximum Gasteiger partial charge on any atom is 0.164 e. The van der Waals surface area contributed by atoms with Crippen molar-refractivity contribution in [2.75, 3.05) is 6.61 Å². The molecule has 14 heavy (non-hydrogen) atoms. The van der Waals surface area contributed by atoms with Gasteiger partial charge in [-0.2, -0.15) is 0 Å². The minimum Gasteiger partial charge on any atom is -0.504 e. The lowest BCUT2D eigenvalue weighted by atomic mass is 9.84. The summed E-state index contributed by atoms with van der Waals surface area (Å²) in [7, 11) is 0. The first-order valence-corrected chi connectivity index (χ1v) is 4.22. The summed E-state index contributed by atoms with van der Waals surface area (Å²) in [6.45, 7) is 2.83. The molecule has 0 amide bonds. The molecule has 0 atom stereocenters. The summed E-state index contributed by atoms with van der Waals surface area (Å²) in [5.41, 5.74) is -0.993. The fourth-order valence-corrected chi connectivity index (χ4v) is 1.28. The third-order valence-corrected chi connectivity index (χ3v) is 2.18. The SMILES string of the molecule is CC(C)(CO)c1c(F)ccc(O)c1O. The summed E-state index contributed by atoms with van der Waals surface area (Å²) in [6, 6.07) is 2.13. The van der Waals surface area contributed by atoms with Crippen LogP contribution in [0.5, 0.6) is 11.5 Å². The Bertz CT molecular complexity index is 347. The van der Waals surface area contributed by atoms with Crippen molar-refractivity contribution in [3.8, 4) is 11.5 Å². The lowest BCUT2D eigenvalue weighted by Gasteiger charge is -2.24. The normalized spacial score (nSPS) is 11.7. The molecule has 0 heterocycles. The van der Waals surface area contributed by atoms with E-state index in [4.69, 9.17) is 5.11 Å². The van der Waals surface area contributed by atoms with E-state index in [9.17, 15) is 14.6 Å². The van der Waals surface area contributed by atoms with Crippen LogP contribution in [0.1, 0.15) is 19.4 Å². The van der Waals surface area contributed by atoms with E-state index < -0.39 is 17.0 Å². The topological polar surface area (TPSA) is 60.7 Å². The summed E-state index contributed by atoms with van der Waals surface area (Å²) in [5, 5.41) is 27.7. The smallest absolute Gasteiger partial charge is 0.164 e. The molecule has 4 heteroatoms. The van der Waals surface area contributed by atoms with Crippen LogP contribution in [0.15, 0.2) is 12.1 Å². The van der Waals surface area contributed by atoms with Gasteiger partial charge in [-0.3, -0.25) is 0 Å². The van der Waals surface area contributed by atoms with E-state index in [0.29, 0.717) is 0 Å². The highest BCUT2D eigenvalue weighted by molar-refractivity contribution is 5.48. The van der Waals surface area contributed by atoms with Crippen LogP contribution in [0, 0.1) is 5.82 Å². The van der Waals surface area contributed by atoms with Crippen molar-refractivity contribution >= 4 is 0 Å². The van der Waals surface area contributed by atoms with E-state index in [1.807, 2.05) is 0 Å². The molecular formula is C10H13FO3. The van der Waals surface area contributed by atoms with Gasteiger partial charge in [-0.1, -0.05) is 13.8 Å². The lowest BCUT2D eigenvalue weighted by Crippen LogP contribution is -2.23. The zero-order chi connectivity index (χ0) is 10.9. The molecule has 3 N–H and O–H groups in total. The Hall–Kier alpha value is -1.29. The van der Waals surface area contributed by atoms with E-state index in [2.05, 4.69) is 0 Å². The molecule has 0 aliphatic rings. The fraction of sp³-hybridized carbons (Fsp3) is 0.400. The number of benzene rings is 1. The van der Waals surface area contributed by atoms with Crippen LogP contribution in [0.2, 0.25) is 0 Å². The van der Waals surface area contributed by atoms with Crippen molar-refractivity contribution in [3.05, 3.63) is 23.5 Å². The third-order valence-electron chi connectivity index (χ3n) is 2.18. The highest BCUT2D eigenvalue weighted by atomic mass is 19.1. The average Bonchev–Trinajstić information content (AvgIpc) is 2.12. The summed E-state index contributed by atoms with van der Waals surface area (Å²) >= 11 is 0. The number of phenolic OH excluding ortho intramolecular Hbond substituents is 2. The maximum absolute atomic E-state index is 13.3. The van der Waals surface area contributed by atoms with Crippen LogP contribution in [-0.4, -0.2) is 21.9 Å². The molecule has 0 unspecified atom stereocenters. The van der Waals surface area contributed by atoms with Gasteiger partial charge in [-0.25, -0.2) is 4.39 Å². The molecule has 0 saturated heterocycles. The number of hydrogen-bond acceptors (Lipinski definition) is 3. The van der Waals surface area contributed by atoms with Gasteiger partial charge in [0.25, 0.3) is 0 Å². The molecule has 3 nitrogen and oxygen atoms in total. The highest BCUT2D eigenvalue weighted by Gasteiger charge is 2.28. The monoisotopic (exact) mass is 200 g/mol. The Morgan fingerprint density at radius 1 is 1.29 bits per heavy atom. The lowest BCUT2D eigenvalue weighted by molar-refractivity contribution is 0.210. The van der Waals surface area contributed by atoms with E-state index in [1.54, 1.807) is 13.8 Å². The molecule has 1 aromatic carbocycles. The summed E-state index contributed by atoms with van der Waals surface area (Å²) in [6.07, 6.45) is 0. The predicted molar refractivity (Wildman–Crippen MR) is 49.8 cm³/mol. The standard InChI is InChI=1S/C10H13FO3/c1-10(2,5-12)8-6(11)3-4-7(13)9(8)14/h3-4,12-14H,5H2,1-2H3. The average molecular weight is 200 g/mol. The molecule has 0 saturated carbocycles. The quantitative estimate of drug-likeness (QED) is 0.634. The molecule has 0 aromatic heterocycles. The Kier molecular flexibility index (Phi) is 2.66. The minimum atomic E-state index is -0.924. The number of rotatable bonds is 2. The first-order valence-electron chi connectivity index (χ1n) is 4.22. The molecule has 1 aromatic rings. The van der Waals surface area contributed by atoms with Gasteiger partial charge in [-0.15, -0.1) is 0 Å². The largest absolute Gasteiger partial charge is 0.504 e. The Morgan fingerprint density at radius 3 is 2.36 bits per heavy atom. The molecule has 0 fully saturated rings. The number of aromatic hydroxyl groups is 2. The van der Waals surface area contributed by atoms with Crippen LogP contribution >= 0.6 is 0 Å². The zero-order valence-electron chi connectivity index (χ0n) is 8.08. The molecule has 0 aliphatic heterocycles. The molecule has 0 bridgehead atoms. The summed E-state index contributed by atoms with van der Waals surface area (Å²) in [4.78, 5) is 0. The van der Waals surface area contributed by atoms with Gasteiger partial charge in [0.1, 0.15) is 5.82 Å². The predicted octanol–water partition coefficient (Wildman–Crippen LogP) is 1.51. The maximum atomic E-state index is 13.3. The Balaban J connectivity index is 3.40. The molecule has 0 radical (unpaired) electrons. The van der Waals surface area contributed by atoms with E-state index in [-0.39, 0.29) is 17.9 Å². The summed E-state index contributed by atoms with van der Waals surface area (Å²) in [5.74, 6) is -1.54. The van der Waals surface area contributed by atoms with Gasteiger partial charge in [0, 0.05) is 11.0 Å². The van der Waals surface area contributed by atoms with E-state index in [1.165, 1.54) is 0 Å². The number of hydrogen-bond donors (Lipinski definition) is 3. The van der Waals surface area contributed by atoms with Gasteiger partial charge in [0.2, 0.25) is 0 Å². The minimum absolute atomic E-state index is 0.0694. The van der Waals surface area contributed by atoms with Crippen molar-refractivity contribution in [1.29, 1.82) is 0 Å². The van der Waals surface area contributed by atoms with Crippen molar-refractivity contribution in [2.24, 2.45) is 0 Å². The van der Waals surface area contributed by atoms with Gasteiger partial charge in [0.05, 0.1) is 6.61 Å². The van der Waals surface area contributed by atoms with Crippen LogP contribution in [0.4, 0.5) is 4.39 Å².